The molecule has 0 amide bonds. The molecule has 2 aromatic heterocycles. The zero-order valence-corrected chi connectivity index (χ0v) is 13.4. The first-order valence-electron chi connectivity index (χ1n) is 7.26. The van der Waals surface area contributed by atoms with Crippen molar-refractivity contribution in [1.82, 2.24) is 25.2 Å². The van der Waals surface area contributed by atoms with Gasteiger partial charge in [0.25, 0.3) is 0 Å². The van der Waals surface area contributed by atoms with Crippen LogP contribution >= 0.6 is 0 Å². The first-order chi connectivity index (χ1) is 10.9. The number of carbonyl (C=O) groups is 1. The lowest BCUT2D eigenvalue weighted by Crippen LogP contribution is -2.33. The smallest absolute Gasteiger partial charge is 0.338 e. The molecular formula is C15H18N6O2. The van der Waals surface area contributed by atoms with E-state index >= 15 is 0 Å². The van der Waals surface area contributed by atoms with Crippen molar-refractivity contribution in [1.29, 1.82) is 0 Å². The van der Waals surface area contributed by atoms with Crippen LogP contribution in [0.4, 0.5) is 5.95 Å². The number of esters is 1. The Bertz CT molecular complexity index is 760. The van der Waals surface area contributed by atoms with Crippen molar-refractivity contribution in [3.05, 3.63) is 41.4 Å². The number of nitrogens with one attached hydrogen (secondary N) is 1. The average molecular weight is 314 g/mol. The van der Waals surface area contributed by atoms with Crippen LogP contribution in [0.5, 0.6) is 0 Å². The predicted molar refractivity (Wildman–Crippen MR) is 82.4 cm³/mol. The highest BCUT2D eigenvalue weighted by Crippen LogP contribution is 2.35. The Balaban J connectivity index is 2.09. The number of ether oxygens (including phenoxy) is 1. The summed E-state index contributed by atoms with van der Waals surface area (Å²) in [4.78, 5) is 16.9. The molecule has 0 fully saturated rings. The minimum absolute atomic E-state index is 0.405. The molecule has 0 spiro atoms. The lowest BCUT2D eigenvalue weighted by Gasteiger charge is -2.29. The molecule has 1 aliphatic rings. The van der Waals surface area contributed by atoms with Crippen LogP contribution < -0.4 is 5.32 Å². The highest BCUT2D eigenvalue weighted by atomic mass is 16.6. The average Bonchev–Trinajstić information content (AvgIpc) is 2.92. The molecule has 0 radical (unpaired) electrons. The van der Waals surface area contributed by atoms with Gasteiger partial charge in [0.05, 0.1) is 5.57 Å². The number of carbonyl (C=O) groups excluding carboxylic acids is 1. The van der Waals surface area contributed by atoms with Crippen LogP contribution in [0.1, 0.15) is 39.3 Å². The van der Waals surface area contributed by atoms with E-state index in [1.807, 2.05) is 32.9 Å². The van der Waals surface area contributed by atoms with Crippen LogP contribution in [0.2, 0.25) is 0 Å². The number of allylic oxidation sites excluding steroid dienone is 1. The van der Waals surface area contributed by atoms with Crippen molar-refractivity contribution in [2.75, 3.05) is 5.32 Å². The molecule has 3 heterocycles. The summed E-state index contributed by atoms with van der Waals surface area (Å²) < 4.78 is 7.11. The minimum atomic E-state index is -0.593. The van der Waals surface area contributed by atoms with E-state index in [4.69, 9.17) is 4.74 Å². The van der Waals surface area contributed by atoms with Gasteiger partial charge in [0.1, 0.15) is 11.6 Å². The minimum Gasteiger partial charge on any atom is -0.456 e. The molecule has 0 saturated carbocycles. The SMILES string of the molecule is CC1=C(C(=O)OC(C)(C)C)C(c2cccnc2)n2nnnc2N1. The number of hydrogen-bond donors (Lipinski definition) is 1. The molecule has 2 aromatic rings. The van der Waals surface area contributed by atoms with Gasteiger partial charge < -0.3 is 10.1 Å². The summed E-state index contributed by atoms with van der Waals surface area (Å²) >= 11 is 0. The van der Waals surface area contributed by atoms with Gasteiger partial charge in [-0.25, -0.2) is 4.79 Å². The van der Waals surface area contributed by atoms with Crippen molar-refractivity contribution in [2.24, 2.45) is 0 Å². The molecule has 8 nitrogen and oxygen atoms in total. The van der Waals surface area contributed by atoms with Crippen LogP contribution in [-0.2, 0) is 9.53 Å². The van der Waals surface area contributed by atoms with E-state index in [2.05, 4.69) is 25.8 Å². The number of pyridine rings is 1. The monoisotopic (exact) mass is 314 g/mol. The number of aromatic nitrogens is 5. The quantitative estimate of drug-likeness (QED) is 0.843. The fourth-order valence-corrected chi connectivity index (χ4v) is 2.46. The third kappa shape index (κ3) is 2.92. The molecule has 0 saturated heterocycles. The maximum Gasteiger partial charge on any atom is 0.338 e. The van der Waals surface area contributed by atoms with Crippen molar-refractivity contribution >= 4 is 11.9 Å². The molecule has 1 atom stereocenters. The van der Waals surface area contributed by atoms with Gasteiger partial charge in [-0.1, -0.05) is 11.2 Å². The molecule has 0 aromatic carbocycles. The summed E-state index contributed by atoms with van der Waals surface area (Å²) in [6.45, 7) is 7.30. The topological polar surface area (TPSA) is 94.8 Å². The van der Waals surface area contributed by atoms with E-state index < -0.39 is 17.6 Å². The predicted octanol–water partition coefficient (Wildman–Crippen LogP) is 1.70. The van der Waals surface area contributed by atoms with Gasteiger partial charge in [-0.15, -0.1) is 0 Å². The van der Waals surface area contributed by atoms with E-state index in [0.717, 1.165) is 5.56 Å². The number of anilines is 1. The van der Waals surface area contributed by atoms with Gasteiger partial charge in [-0.2, -0.15) is 4.68 Å². The first-order valence-corrected chi connectivity index (χ1v) is 7.26. The third-order valence-corrected chi connectivity index (χ3v) is 3.33. The second kappa shape index (κ2) is 5.45. The molecule has 23 heavy (non-hydrogen) atoms. The number of tetrazole rings is 1. The fourth-order valence-electron chi connectivity index (χ4n) is 2.46. The normalized spacial score (nSPS) is 17.5. The maximum absolute atomic E-state index is 12.7. The van der Waals surface area contributed by atoms with Crippen LogP contribution in [0.15, 0.2) is 35.8 Å². The molecule has 3 rings (SSSR count). The Labute approximate surface area is 133 Å². The summed E-state index contributed by atoms with van der Waals surface area (Å²) in [5.41, 5.74) is 1.34. The lowest BCUT2D eigenvalue weighted by atomic mass is 9.97. The van der Waals surface area contributed by atoms with Gasteiger partial charge in [0, 0.05) is 18.1 Å². The van der Waals surface area contributed by atoms with Crippen LogP contribution in [-0.4, -0.2) is 36.8 Å². The molecule has 120 valence electrons. The summed E-state index contributed by atoms with van der Waals surface area (Å²) in [6.07, 6.45) is 3.37. The molecular weight excluding hydrogens is 296 g/mol. The Hall–Kier alpha value is -2.77. The van der Waals surface area contributed by atoms with Crippen molar-refractivity contribution in [3.8, 4) is 0 Å². The van der Waals surface area contributed by atoms with E-state index in [0.29, 0.717) is 17.2 Å². The second-order valence-corrected chi connectivity index (χ2v) is 6.30. The Morgan fingerprint density at radius 1 is 1.39 bits per heavy atom. The van der Waals surface area contributed by atoms with Gasteiger partial charge >= 0.3 is 5.97 Å². The number of fused-ring (bicyclic) bond motifs is 1. The van der Waals surface area contributed by atoms with Gasteiger partial charge in [-0.05, 0) is 49.8 Å². The molecule has 1 unspecified atom stereocenters. The third-order valence-electron chi connectivity index (χ3n) is 3.33. The summed E-state index contributed by atoms with van der Waals surface area (Å²) in [7, 11) is 0. The first kappa shape index (κ1) is 15.1. The van der Waals surface area contributed by atoms with Crippen molar-refractivity contribution < 1.29 is 9.53 Å². The van der Waals surface area contributed by atoms with E-state index in [-0.39, 0.29) is 0 Å². The zero-order chi connectivity index (χ0) is 16.6. The zero-order valence-electron chi connectivity index (χ0n) is 13.4. The van der Waals surface area contributed by atoms with E-state index in [1.165, 1.54) is 0 Å². The summed E-state index contributed by atoms with van der Waals surface area (Å²) in [6, 6.07) is 3.21. The molecule has 0 aliphatic carbocycles. The van der Waals surface area contributed by atoms with Crippen molar-refractivity contribution in [2.45, 2.75) is 39.3 Å². The largest absolute Gasteiger partial charge is 0.456 e. The van der Waals surface area contributed by atoms with Crippen LogP contribution in [0, 0.1) is 0 Å². The number of rotatable bonds is 2. The number of hydrogen-bond acceptors (Lipinski definition) is 7. The van der Waals surface area contributed by atoms with Gasteiger partial charge in [0.15, 0.2) is 0 Å². The Kier molecular flexibility index (Phi) is 3.59. The van der Waals surface area contributed by atoms with Crippen molar-refractivity contribution in [3.63, 3.8) is 0 Å². The summed E-state index contributed by atoms with van der Waals surface area (Å²) in [5, 5.41) is 14.7. The van der Waals surface area contributed by atoms with Gasteiger partial charge in [0.2, 0.25) is 5.95 Å². The molecule has 8 heteroatoms. The Morgan fingerprint density at radius 2 is 2.17 bits per heavy atom. The highest BCUT2D eigenvalue weighted by Gasteiger charge is 2.36. The molecule has 1 N–H and O–H groups in total. The molecule has 1 aliphatic heterocycles. The van der Waals surface area contributed by atoms with Gasteiger partial charge in [-0.3, -0.25) is 4.98 Å². The Morgan fingerprint density at radius 3 is 2.83 bits per heavy atom. The molecule has 0 bridgehead atoms. The fraction of sp³-hybridized carbons (Fsp3) is 0.400. The second-order valence-electron chi connectivity index (χ2n) is 6.30. The highest BCUT2D eigenvalue weighted by molar-refractivity contribution is 5.92. The number of nitrogens with zero attached hydrogens (tertiary/aromatic N) is 5. The lowest BCUT2D eigenvalue weighted by molar-refractivity contribution is -0.150. The summed E-state index contributed by atoms with van der Waals surface area (Å²) in [5.74, 6) is 0.0705. The van der Waals surface area contributed by atoms with E-state index in [9.17, 15) is 4.79 Å². The standard InChI is InChI=1S/C15H18N6O2/c1-9-11(13(22)23-15(2,3)4)12(10-6-5-7-16-8-10)21-14(17-9)18-19-20-21/h5-8,12H,1-4H3,(H,17,18,20). The van der Waals surface area contributed by atoms with Crippen LogP contribution in [0.3, 0.4) is 0 Å². The van der Waals surface area contributed by atoms with E-state index in [1.54, 1.807) is 24.0 Å². The maximum atomic E-state index is 12.7. The van der Waals surface area contributed by atoms with Crippen LogP contribution in [0.25, 0.3) is 0 Å².